The van der Waals surface area contributed by atoms with E-state index in [0.29, 0.717) is 24.1 Å². The third-order valence-corrected chi connectivity index (χ3v) is 3.30. The SMILES string of the molecule is CC(C)CCCC(C)NC(N)=NCc1cccc(C#N)c1.I. The van der Waals surface area contributed by atoms with Gasteiger partial charge < -0.3 is 11.1 Å². The van der Waals surface area contributed by atoms with E-state index < -0.39 is 0 Å². The van der Waals surface area contributed by atoms with Gasteiger partial charge >= 0.3 is 0 Å². The molecule has 0 aliphatic rings. The third kappa shape index (κ3) is 8.88. The second kappa shape index (κ2) is 11.3. The van der Waals surface area contributed by atoms with Gasteiger partial charge in [0.05, 0.1) is 18.2 Å². The van der Waals surface area contributed by atoms with E-state index >= 15 is 0 Å². The average Bonchev–Trinajstić information content (AvgIpc) is 2.45. The van der Waals surface area contributed by atoms with Gasteiger partial charge in [-0.2, -0.15) is 5.26 Å². The average molecular weight is 414 g/mol. The number of nitrogens with zero attached hydrogens (tertiary/aromatic N) is 2. The van der Waals surface area contributed by atoms with Crippen LogP contribution in [0.4, 0.5) is 0 Å². The number of aliphatic imine (C=N–C) groups is 1. The van der Waals surface area contributed by atoms with Gasteiger partial charge in [0.15, 0.2) is 5.96 Å². The summed E-state index contributed by atoms with van der Waals surface area (Å²) >= 11 is 0. The van der Waals surface area contributed by atoms with Gasteiger partial charge in [0.1, 0.15) is 0 Å². The molecule has 4 nitrogen and oxygen atoms in total. The number of hydrogen-bond acceptors (Lipinski definition) is 2. The van der Waals surface area contributed by atoms with Gasteiger partial charge in [0, 0.05) is 6.04 Å². The van der Waals surface area contributed by atoms with Gasteiger partial charge in [0.25, 0.3) is 0 Å². The van der Waals surface area contributed by atoms with Gasteiger partial charge in [-0.1, -0.05) is 38.8 Å². The van der Waals surface area contributed by atoms with E-state index in [1.807, 2.05) is 18.2 Å². The fourth-order valence-corrected chi connectivity index (χ4v) is 2.12. The van der Waals surface area contributed by atoms with Gasteiger partial charge in [-0.05, 0) is 37.0 Å². The number of halogens is 1. The summed E-state index contributed by atoms with van der Waals surface area (Å²) < 4.78 is 0. The van der Waals surface area contributed by atoms with Crippen molar-refractivity contribution >= 4 is 29.9 Å². The third-order valence-electron chi connectivity index (χ3n) is 3.30. The van der Waals surface area contributed by atoms with Crippen LogP contribution in [0.5, 0.6) is 0 Å². The van der Waals surface area contributed by atoms with Crippen LogP contribution in [0.25, 0.3) is 0 Å². The van der Waals surface area contributed by atoms with E-state index in [4.69, 9.17) is 11.0 Å². The van der Waals surface area contributed by atoms with Gasteiger partial charge in [-0.15, -0.1) is 24.0 Å². The Labute approximate surface area is 151 Å². The van der Waals surface area contributed by atoms with Crippen molar-refractivity contribution in [2.45, 2.75) is 52.6 Å². The highest BCUT2D eigenvalue weighted by atomic mass is 127. The zero-order valence-electron chi connectivity index (χ0n) is 13.7. The van der Waals surface area contributed by atoms with Crippen molar-refractivity contribution in [3.05, 3.63) is 35.4 Å². The molecule has 0 spiro atoms. The monoisotopic (exact) mass is 414 g/mol. The Morgan fingerprint density at radius 1 is 1.32 bits per heavy atom. The molecular weight excluding hydrogens is 387 g/mol. The molecule has 1 rings (SSSR count). The molecule has 22 heavy (non-hydrogen) atoms. The molecule has 5 heteroatoms. The van der Waals surface area contributed by atoms with Gasteiger partial charge in [0.2, 0.25) is 0 Å². The molecule has 3 N–H and O–H groups in total. The minimum absolute atomic E-state index is 0. The molecule has 1 aromatic rings. The molecule has 0 fully saturated rings. The summed E-state index contributed by atoms with van der Waals surface area (Å²) in [5, 5.41) is 12.1. The van der Waals surface area contributed by atoms with Crippen molar-refractivity contribution in [3.63, 3.8) is 0 Å². The molecule has 0 saturated heterocycles. The van der Waals surface area contributed by atoms with Crippen LogP contribution in [0, 0.1) is 17.2 Å². The van der Waals surface area contributed by atoms with Crippen LogP contribution in [0.1, 0.15) is 51.2 Å². The second-order valence-electron chi connectivity index (χ2n) is 5.88. The van der Waals surface area contributed by atoms with E-state index in [2.05, 4.69) is 37.1 Å². The van der Waals surface area contributed by atoms with Crippen molar-refractivity contribution in [1.29, 1.82) is 5.26 Å². The van der Waals surface area contributed by atoms with E-state index in [1.165, 1.54) is 12.8 Å². The minimum Gasteiger partial charge on any atom is -0.370 e. The van der Waals surface area contributed by atoms with Crippen LogP contribution in [0.2, 0.25) is 0 Å². The molecule has 1 unspecified atom stereocenters. The number of nitrogens with one attached hydrogen (secondary N) is 1. The van der Waals surface area contributed by atoms with Crippen molar-refractivity contribution in [1.82, 2.24) is 5.32 Å². The van der Waals surface area contributed by atoms with Crippen molar-refractivity contribution in [2.75, 3.05) is 0 Å². The zero-order valence-corrected chi connectivity index (χ0v) is 16.0. The summed E-state index contributed by atoms with van der Waals surface area (Å²) in [4.78, 5) is 4.33. The van der Waals surface area contributed by atoms with Gasteiger partial charge in [-0.3, -0.25) is 0 Å². The van der Waals surface area contributed by atoms with Crippen LogP contribution in [-0.4, -0.2) is 12.0 Å². The van der Waals surface area contributed by atoms with Crippen molar-refractivity contribution in [2.24, 2.45) is 16.6 Å². The Bertz CT molecular complexity index is 506. The number of nitriles is 1. The van der Waals surface area contributed by atoms with Crippen LogP contribution in [0.3, 0.4) is 0 Å². The van der Waals surface area contributed by atoms with E-state index in [-0.39, 0.29) is 24.0 Å². The lowest BCUT2D eigenvalue weighted by Crippen LogP contribution is -2.38. The summed E-state index contributed by atoms with van der Waals surface area (Å²) in [6.45, 7) is 7.10. The first-order valence-corrected chi connectivity index (χ1v) is 7.56. The quantitative estimate of drug-likeness (QED) is 0.405. The predicted molar refractivity (Wildman–Crippen MR) is 103 cm³/mol. The Morgan fingerprint density at radius 3 is 2.68 bits per heavy atom. The summed E-state index contributed by atoms with van der Waals surface area (Å²) in [5.74, 6) is 1.21. The maximum Gasteiger partial charge on any atom is 0.189 e. The predicted octanol–water partition coefficient (Wildman–Crippen LogP) is 3.80. The van der Waals surface area contributed by atoms with E-state index in [9.17, 15) is 0 Å². The number of nitrogens with two attached hydrogens (primary N) is 1. The maximum absolute atomic E-state index is 8.86. The van der Waals surface area contributed by atoms with Crippen LogP contribution in [-0.2, 0) is 6.54 Å². The number of hydrogen-bond donors (Lipinski definition) is 2. The van der Waals surface area contributed by atoms with Crippen molar-refractivity contribution < 1.29 is 0 Å². The Hall–Kier alpha value is -1.29. The first-order valence-electron chi connectivity index (χ1n) is 7.56. The normalized spacial score (nSPS) is 12.4. The summed E-state index contributed by atoms with van der Waals surface area (Å²) in [5.41, 5.74) is 7.54. The molecule has 0 aliphatic heterocycles. The Morgan fingerprint density at radius 2 is 2.05 bits per heavy atom. The summed E-state index contributed by atoms with van der Waals surface area (Å²) in [6.07, 6.45) is 3.53. The molecule has 0 heterocycles. The maximum atomic E-state index is 8.86. The molecular formula is C17H27IN4. The molecule has 1 atom stereocenters. The largest absolute Gasteiger partial charge is 0.370 e. The van der Waals surface area contributed by atoms with Crippen LogP contribution in [0.15, 0.2) is 29.3 Å². The van der Waals surface area contributed by atoms with Crippen LogP contribution < -0.4 is 11.1 Å². The second-order valence-corrected chi connectivity index (χ2v) is 5.88. The molecule has 0 saturated carbocycles. The summed E-state index contributed by atoms with van der Waals surface area (Å²) in [7, 11) is 0. The molecule has 1 aromatic carbocycles. The standard InChI is InChI=1S/C17H26N4.HI/c1-13(2)6-4-7-14(3)21-17(19)20-12-16-9-5-8-15(10-16)11-18;/h5,8-10,13-14H,4,6-7,12H2,1-3H3,(H3,19,20,21);1H. The highest BCUT2D eigenvalue weighted by molar-refractivity contribution is 14.0. The van der Waals surface area contributed by atoms with Crippen LogP contribution >= 0.6 is 24.0 Å². The lowest BCUT2D eigenvalue weighted by atomic mass is 10.0. The van der Waals surface area contributed by atoms with E-state index in [0.717, 1.165) is 17.9 Å². The molecule has 0 aromatic heterocycles. The zero-order chi connectivity index (χ0) is 15.7. The highest BCUT2D eigenvalue weighted by Gasteiger charge is 2.04. The first-order chi connectivity index (χ1) is 10.0. The fraction of sp³-hybridized carbons (Fsp3) is 0.529. The number of benzene rings is 1. The fourth-order valence-electron chi connectivity index (χ4n) is 2.12. The smallest absolute Gasteiger partial charge is 0.189 e. The molecule has 0 amide bonds. The Balaban J connectivity index is 0.00000441. The number of guanidine groups is 1. The Kier molecular flexibility index (Phi) is 10.6. The summed E-state index contributed by atoms with van der Waals surface area (Å²) in [6, 6.07) is 9.89. The first kappa shape index (κ1) is 20.7. The van der Waals surface area contributed by atoms with E-state index in [1.54, 1.807) is 6.07 Å². The minimum atomic E-state index is 0. The van der Waals surface area contributed by atoms with Gasteiger partial charge in [-0.25, -0.2) is 4.99 Å². The van der Waals surface area contributed by atoms with Crippen molar-refractivity contribution in [3.8, 4) is 6.07 Å². The molecule has 0 radical (unpaired) electrons. The topological polar surface area (TPSA) is 74.2 Å². The number of rotatable bonds is 7. The highest BCUT2D eigenvalue weighted by Crippen LogP contribution is 2.08. The lowest BCUT2D eigenvalue weighted by Gasteiger charge is -2.15. The molecule has 0 aliphatic carbocycles. The lowest BCUT2D eigenvalue weighted by molar-refractivity contribution is 0.493. The molecule has 122 valence electrons. The molecule has 0 bridgehead atoms.